The number of likely N-dealkylation sites (tertiary alicyclic amines) is 1. The van der Waals surface area contributed by atoms with E-state index in [1.54, 1.807) is 12.3 Å². The minimum Gasteiger partial charge on any atom is -0.353 e. The molecule has 2 aliphatic rings. The highest BCUT2D eigenvalue weighted by Gasteiger charge is 2.29. The van der Waals surface area contributed by atoms with Crippen LogP contribution >= 0.6 is 0 Å². The number of pyridine rings is 1. The van der Waals surface area contributed by atoms with Crippen LogP contribution in [0.5, 0.6) is 0 Å². The van der Waals surface area contributed by atoms with Crippen LogP contribution in [0, 0.1) is 5.82 Å². The van der Waals surface area contributed by atoms with Crippen molar-refractivity contribution in [3.63, 3.8) is 0 Å². The molecule has 1 N–H and O–H groups in total. The first-order valence-electron chi connectivity index (χ1n) is 9.16. The normalized spacial score (nSPS) is 24.1. The zero-order valence-corrected chi connectivity index (χ0v) is 14.4. The third-order valence-electron chi connectivity index (χ3n) is 5.22. The summed E-state index contributed by atoms with van der Waals surface area (Å²) >= 11 is 0. The highest BCUT2D eigenvalue weighted by atomic mass is 19.1. The quantitative estimate of drug-likeness (QED) is 0.907. The second-order valence-electron chi connectivity index (χ2n) is 7.11. The maximum atomic E-state index is 13.9. The molecule has 2 fully saturated rings. The summed E-state index contributed by atoms with van der Waals surface area (Å²) in [5.41, 5.74) is 1.38. The summed E-state index contributed by atoms with van der Waals surface area (Å²) in [4.78, 5) is 8.77. The van der Waals surface area contributed by atoms with E-state index in [0.717, 1.165) is 39.1 Å². The molecule has 0 radical (unpaired) electrons. The fraction of sp³-hybridized carbons (Fsp3) is 0.450. The maximum Gasteiger partial charge on any atom is 0.165 e. The van der Waals surface area contributed by atoms with E-state index in [-0.39, 0.29) is 5.82 Å². The second-order valence-corrected chi connectivity index (χ2v) is 7.11. The molecular weight excluding hydrogens is 315 g/mol. The molecule has 1 aromatic heterocycles. The van der Waals surface area contributed by atoms with Crippen molar-refractivity contribution < 1.29 is 4.39 Å². The summed E-state index contributed by atoms with van der Waals surface area (Å²) in [7, 11) is 0. The Hall–Kier alpha value is -1.98. The zero-order chi connectivity index (χ0) is 17.1. The van der Waals surface area contributed by atoms with Crippen LogP contribution in [0.2, 0.25) is 0 Å². The van der Waals surface area contributed by atoms with Crippen molar-refractivity contribution in [3.05, 3.63) is 60.0 Å². The van der Waals surface area contributed by atoms with Crippen molar-refractivity contribution in [2.24, 2.45) is 0 Å². The standard InChI is InChI=1S/C20H25FN4/c21-19-7-4-10-22-20(19)25-12-9-18(15-25)23-17-8-11-24(14-17)13-16-5-2-1-3-6-16/h1-7,10,17-18,23H,8-9,11-15H2. The lowest BCUT2D eigenvalue weighted by atomic mass is 10.2. The molecule has 0 bridgehead atoms. The summed E-state index contributed by atoms with van der Waals surface area (Å²) in [6.45, 7) is 4.95. The summed E-state index contributed by atoms with van der Waals surface area (Å²) in [5, 5.41) is 3.78. The Morgan fingerprint density at radius 3 is 2.64 bits per heavy atom. The van der Waals surface area contributed by atoms with E-state index in [2.05, 4.69) is 50.4 Å². The van der Waals surface area contributed by atoms with E-state index in [1.165, 1.54) is 18.1 Å². The molecule has 0 spiro atoms. The first-order chi connectivity index (χ1) is 12.3. The lowest BCUT2D eigenvalue weighted by molar-refractivity contribution is 0.315. The lowest BCUT2D eigenvalue weighted by Gasteiger charge is -2.21. The molecule has 2 saturated heterocycles. The topological polar surface area (TPSA) is 31.4 Å². The summed E-state index contributed by atoms with van der Waals surface area (Å²) < 4.78 is 13.9. The van der Waals surface area contributed by atoms with Crippen molar-refractivity contribution >= 4 is 5.82 Å². The van der Waals surface area contributed by atoms with Crippen LogP contribution in [0.25, 0.3) is 0 Å². The molecule has 4 nitrogen and oxygen atoms in total. The van der Waals surface area contributed by atoms with Crippen molar-refractivity contribution in [3.8, 4) is 0 Å². The van der Waals surface area contributed by atoms with Gasteiger partial charge in [-0.1, -0.05) is 30.3 Å². The molecule has 0 amide bonds. The largest absolute Gasteiger partial charge is 0.353 e. The number of benzene rings is 1. The number of nitrogens with zero attached hydrogens (tertiary/aromatic N) is 3. The molecule has 2 aliphatic heterocycles. The molecule has 0 aliphatic carbocycles. The molecule has 132 valence electrons. The highest BCUT2D eigenvalue weighted by molar-refractivity contribution is 5.41. The van der Waals surface area contributed by atoms with Crippen molar-refractivity contribution in [2.75, 3.05) is 31.1 Å². The van der Waals surface area contributed by atoms with E-state index in [9.17, 15) is 4.39 Å². The van der Waals surface area contributed by atoms with Gasteiger partial charge in [-0.15, -0.1) is 0 Å². The second kappa shape index (κ2) is 7.50. The van der Waals surface area contributed by atoms with Crippen LogP contribution in [-0.4, -0.2) is 48.1 Å². The Morgan fingerprint density at radius 1 is 1.00 bits per heavy atom. The van der Waals surface area contributed by atoms with Gasteiger partial charge >= 0.3 is 0 Å². The minimum absolute atomic E-state index is 0.224. The molecule has 3 heterocycles. The van der Waals surface area contributed by atoms with E-state index in [4.69, 9.17) is 0 Å². The Kier molecular flexibility index (Phi) is 4.95. The molecule has 25 heavy (non-hydrogen) atoms. The number of anilines is 1. The smallest absolute Gasteiger partial charge is 0.165 e. The molecular formula is C20H25FN4. The van der Waals surface area contributed by atoms with Gasteiger partial charge < -0.3 is 10.2 Å². The van der Waals surface area contributed by atoms with Crippen LogP contribution in [0.4, 0.5) is 10.2 Å². The maximum absolute atomic E-state index is 13.9. The van der Waals surface area contributed by atoms with E-state index >= 15 is 0 Å². The van der Waals surface area contributed by atoms with Gasteiger partial charge in [-0.25, -0.2) is 9.37 Å². The van der Waals surface area contributed by atoms with E-state index in [0.29, 0.717) is 17.9 Å². The van der Waals surface area contributed by atoms with Crippen molar-refractivity contribution in [1.29, 1.82) is 0 Å². The minimum atomic E-state index is -0.224. The third-order valence-corrected chi connectivity index (χ3v) is 5.22. The summed E-state index contributed by atoms with van der Waals surface area (Å²) in [6, 6.07) is 14.7. The average molecular weight is 340 g/mol. The Balaban J connectivity index is 1.27. The Labute approximate surface area is 148 Å². The van der Waals surface area contributed by atoms with Crippen LogP contribution in [0.15, 0.2) is 48.7 Å². The third kappa shape index (κ3) is 3.99. The fourth-order valence-electron chi connectivity index (χ4n) is 3.99. The predicted molar refractivity (Wildman–Crippen MR) is 98.1 cm³/mol. The van der Waals surface area contributed by atoms with Gasteiger partial charge in [-0.05, 0) is 30.5 Å². The number of aromatic nitrogens is 1. The number of halogens is 1. The van der Waals surface area contributed by atoms with Crippen LogP contribution < -0.4 is 10.2 Å². The Morgan fingerprint density at radius 2 is 1.80 bits per heavy atom. The molecule has 2 atom stereocenters. The van der Waals surface area contributed by atoms with Gasteiger partial charge in [0.15, 0.2) is 11.6 Å². The van der Waals surface area contributed by atoms with Crippen LogP contribution in [-0.2, 0) is 6.54 Å². The van der Waals surface area contributed by atoms with Crippen LogP contribution in [0.1, 0.15) is 18.4 Å². The Bertz CT molecular complexity index is 693. The number of rotatable bonds is 5. The lowest BCUT2D eigenvalue weighted by Crippen LogP contribution is -2.41. The number of hydrogen-bond donors (Lipinski definition) is 1. The van der Waals surface area contributed by atoms with Gasteiger partial charge in [-0.2, -0.15) is 0 Å². The molecule has 2 unspecified atom stereocenters. The molecule has 0 saturated carbocycles. The first kappa shape index (κ1) is 16.5. The molecule has 5 heteroatoms. The summed E-state index contributed by atoms with van der Waals surface area (Å²) in [5.74, 6) is 0.266. The molecule has 2 aromatic rings. The van der Waals surface area contributed by atoms with Crippen molar-refractivity contribution in [1.82, 2.24) is 15.2 Å². The van der Waals surface area contributed by atoms with E-state index < -0.39 is 0 Å². The van der Waals surface area contributed by atoms with Gasteiger partial charge in [0.1, 0.15) is 0 Å². The molecule has 4 rings (SSSR count). The van der Waals surface area contributed by atoms with Gasteiger partial charge in [-0.3, -0.25) is 4.90 Å². The van der Waals surface area contributed by atoms with Gasteiger partial charge in [0.05, 0.1) is 0 Å². The number of hydrogen-bond acceptors (Lipinski definition) is 4. The predicted octanol–water partition coefficient (Wildman–Crippen LogP) is 2.66. The van der Waals surface area contributed by atoms with Crippen LogP contribution in [0.3, 0.4) is 0 Å². The fourth-order valence-corrected chi connectivity index (χ4v) is 3.99. The van der Waals surface area contributed by atoms with Gasteiger partial charge in [0.25, 0.3) is 0 Å². The monoisotopic (exact) mass is 340 g/mol. The van der Waals surface area contributed by atoms with Gasteiger partial charge in [0, 0.05) is 51.0 Å². The first-order valence-corrected chi connectivity index (χ1v) is 9.16. The van der Waals surface area contributed by atoms with E-state index in [1.807, 2.05) is 0 Å². The average Bonchev–Trinajstić information content (AvgIpc) is 3.26. The van der Waals surface area contributed by atoms with Gasteiger partial charge in [0.2, 0.25) is 0 Å². The molecule has 1 aromatic carbocycles. The summed E-state index contributed by atoms with van der Waals surface area (Å²) in [6.07, 6.45) is 3.89. The zero-order valence-electron chi connectivity index (χ0n) is 14.4. The number of nitrogens with one attached hydrogen (secondary N) is 1. The SMILES string of the molecule is Fc1cccnc1N1CCC(NC2CCN(Cc3ccccc3)C2)C1. The van der Waals surface area contributed by atoms with Crippen molar-refractivity contribution in [2.45, 2.75) is 31.5 Å². The highest BCUT2D eigenvalue weighted by Crippen LogP contribution is 2.22.